The quantitative estimate of drug-likeness (QED) is 0.245. The van der Waals surface area contributed by atoms with Crippen LogP contribution in [0, 0.1) is 0 Å². The SMILES string of the molecule is c1ccc(-c2ccc3cc4c(cc3c2)Cn2c3cc5ccccc5cc3c3cccc-4c32)cc1. The second kappa shape index (κ2) is 6.59. The molecule has 0 radical (unpaired) electrons. The molecule has 0 bridgehead atoms. The van der Waals surface area contributed by atoms with E-state index >= 15 is 0 Å². The Morgan fingerprint density at radius 1 is 0.471 bits per heavy atom. The Balaban J connectivity index is 1.40. The number of benzene rings is 6. The molecule has 1 heteroatoms. The maximum Gasteiger partial charge on any atom is 0.0574 e. The fraction of sp³-hybridized carbons (Fsp3) is 0.0303. The molecule has 0 N–H and O–H groups in total. The highest BCUT2D eigenvalue weighted by molar-refractivity contribution is 6.17. The summed E-state index contributed by atoms with van der Waals surface area (Å²) in [5.74, 6) is 0. The summed E-state index contributed by atoms with van der Waals surface area (Å²) in [5, 5.41) is 7.90. The molecule has 158 valence electrons. The van der Waals surface area contributed by atoms with Crippen LogP contribution in [0.3, 0.4) is 0 Å². The van der Waals surface area contributed by atoms with Gasteiger partial charge in [0.2, 0.25) is 0 Å². The maximum atomic E-state index is 2.53. The zero-order chi connectivity index (χ0) is 22.2. The van der Waals surface area contributed by atoms with Gasteiger partial charge in [-0.1, -0.05) is 84.9 Å². The van der Waals surface area contributed by atoms with Gasteiger partial charge in [0, 0.05) is 22.9 Å². The lowest BCUT2D eigenvalue weighted by Gasteiger charge is -2.21. The fourth-order valence-electron chi connectivity index (χ4n) is 5.93. The molecule has 1 aliphatic rings. The highest BCUT2D eigenvalue weighted by Gasteiger charge is 2.22. The molecule has 0 atom stereocenters. The number of rotatable bonds is 1. The van der Waals surface area contributed by atoms with Gasteiger partial charge in [0.05, 0.1) is 11.0 Å². The largest absolute Gasteiger partial charge is 0.335 e. The molecule has 8 rings (SSSR count). The first-order valence-electron chi connectivity index (χ1n) is 11.9. The van der Waals surface area contributed by atoms with E-state index < -0.39 is 0 Å². The van der Waals surface area contributed by atoms with E-state index in [1.807, 2.05) is 0 Å². The lowest BCUT2D eigenvalue weighted by atomic mass is 9.91. The molecular formula is C33H21N. The van der Waals surface area contributed by atoms with E-state index in [1.54, 1.807) is 0 Å². The number of hydrogen-bond donors (Lipinski definition) is 0. The molecule has 6 aromatic carbocycles. The number of para-hydroxylation sites is 1. The van der Waals surface area contributed by atoms with Crippen molar-refractivity contribution in [2.45, 2.75) is 6.54 Å². The standard InChI is InChI=1S/C33H21N/c1-2-7-21(8-3-1)24-13-14-25-17-30-27(16-26(25)15-24)20-34-32-19-23-10-5-4-9-22(23)18-31(32)29-12-6-11-28(30)33(29)34/h1-19H,20H2. The van der Waals surface area contributed by atoms with Gasteiger partial charge in [0.25, 0.3) is 0 Å². The molecule has 1 aromatic heterocycles. The van der Waals surface area contributed by atoms with Crippen LogP contribution in [0.2, 0.25) is 0 Å². The number of hydrogen-bond acceptors (Lipinski definition) is 0. The predicted molar refractivity (Wildman–Crippen MR) is 144 cm³/mol. The van der Waals surface area contributed by atoms with Crippen LogP contribution in [0.15, 0.2) is 115 Å². The zero-order valence-electron chi connectivity index (χ0n) is 18.6. The van der Waals surface area contributed by atoms with Crippen molar-refractivity contribution in [2.75, 3.05) is 0 Å². The lowest BCUT2D eigenvalue weighted by Crippen LogP contribution is -2.07. The molecule has 0 saturated heterocycles. The van der Waals surface area contributed by atoms with Crippen molar-refractivity contribution in [1.82, 2.24) is 4.57 Å². The van der Waals surface area contributed by atoms with E-state index in [1.165, 1.54) is 71.2 Å². The third-order valence-corrected chi connectivity index (χ3v) is 7.54. The van der Waals surface area contributed by atoms with Crippen molar-refractivity contribution in [3.8, 4) is 22.3 Å². The summed E-state index contributed by atoms with van der Waals surface area (Å²) in [7, 11) is 0. The molecule has 7 aromatic rings. The summed E-state index contributed by atoms with van der Waals surface area (Å²) in [4.78, 5) is 0. The second-order valence-corrected chi connectivity index (χ2v) is 9.44. The first-order valence-corrected chi connectivity index (χ1v) is 11.9. The number of aromatic nitrogens is 1. The molecule has 2 heterocycles. The average Bonchev–Trinajstić information content (AvgIpc) is 3.20. The Morgan fingerprint density at radius 3 is 2.15 bits per heavy atom. The van der Waals surface area contributed by atoms with Gasteiger partial charge in [-0.25, -0.2) is 0 Å². The van der Waals surface area contributed by atoms with Crippen molar-refractivity contribution in [3.63, 3.8) is 0 Å². The number of fused-ring (bicyclic) bond motifs is 7. The van der Waals surface area contributed by atoms with Crippen molar-refractivity contribution >= 4 is 43.4 Å². The van der Waals surface area contributed by atoms with Gasteiger partial charge in [-0.15, -0.1) is 0 Å². The van der Waals surface area contributed by atoms with Crippen LogP contribution in [0.4, 0.5) is 0 Å². The minimum Gasteiger partial charge on any atom is -0.335 e. The van der Waals surface area contributed by atoms with Crippen LogP contribution < -0.4 is 0 Å². The smallest absolute Gasteiger partial charge is 0.0574 e. The minimum absolute atomic E-state index is 0.899. The van der Waals surface area contributed by atoms with Gasteiger partial charge in [0.1, 0.15) is 0 Å². The Kier molecular flexibility index (Phi) is 3.51. The Bertz CT molecular complexity index is 1920. The molecule has 34 heavy (non-hydrogen) atoms. The predicted octanol–water partition coefficient (Wildman–Crippen LogP) is 8.80. The second-order valence-electron chi connectivity index (χ2n) is 9.44. The Morgan fingerprint density at radius 2 is 1.26 bits per heavy atom. The molecule has 1 nitrogen and oxygen atoms in total. The normalized spacial score (nSPS) is 12.6. The Labute approximate surface area is 197 Å². The van der Waals surface area contributed by atoms with Crippen LogP contribution in [0.1, 0.15) is 5.56 Å². The van der Waals surface area contributed by atoms with E-state index in [2.05, 4.69) is 120 Å². The highest BCUT2D eigenvalue weighted by atomic mass is 15.0. The summed E-state index contributed by atoms with van der Waals surface area (Å²) >= 11 is 0. The molecule has 0 aliphatic carbocycles. The van der Waals surface area contributed by atoms with Crippen LogP contribution >= 0.6 is 0 Å². The minimum atomic E-state index is 0.899. The van der Waals surface area contributed by atoms with Crippen LogP contribution in [0.5, 0.6) is 0 Å². The van der Waals surface area contributed by atoms with Crippen molar-refractivity contribution < 1.29 is 0 Å². The summed E-state index contributed by atoms with van der Waals surface area (Å²) in [6.45, 7) is 0.899. The molecule has 0 unspecified atom stereocenters. The summed E-state index contributed by atoms with van der Waals surface area (Å²) < 4.78 is 2.53. The van der Waals surface area contributed by atoms with Gasteiger partial charge in [-0.2, -0.15) is 0 Å². The Hall–Kier alpha value is -4.36. The highest BCUT2D eigenvalue weighted by Crippen LogP contribution is 2.43. The van der Waals surface area contributed by atoms with Crippen molar-refractivity contribution in [1.29, 1.82) is 0 Å². The van der Waals surface area contributed by atoms with Crippen LogP contribution in [-0.2, 0) is 6.54 Å². The van der Waals surface area contributed by atoms with Gasteiger partial charge in [0.15, 0.2) is 0 Å². The summed E-state index contributed by atoms with van der Waals surface area (Å²) in [6, 6.07) is 42.5. The monoisotopic (exact) mass is 431 g/mol. The van der Waals surface area contributed by atoms with E-state index in [9.17, 15) is 0 Å². The summed E-state index contributed by atoms with van der Waals surface area (Å²) in [6.07, 6.45) is 0. The third kappa shape index (κ3) is 2.44. The molecule has 1 aliphatic heterocycles. The first kappa shape index (κ1) is 18.1. The van der Waals surface area contributed by atoms with Gasteiger partial charge in [-0.05, 0) is 74.1 Å². The van der Waals surface area contributed by atoms with Gasteiger partial charge < -0.3 is 4.57 Å². The maximum absolute atomic E-state index is 2.53. The van der Waals surface area contributed by atoms with E-state index in [0.717, 1.165) is 6.54 Å². The van der Waals surface area contributed by atoms with E-state index in [0.29, 0.717) is 0 Å². The van der Waals surface area contributed by atoms with E-state index in [-0.39, 0.29) is 0 Å². The molecule has 0 saturated carbocycles. The van der Waals surface area contributed by atoms with Crippen molar-refractivity contribution in [3.05, 3.63) is 121 Å². The van der Waals surface area contributed by atoms with Crippen molar-refractivity contribution in [2.24, 2.45) is 0 Å². The van der Waals surface area contributed by atoms with Crippen LogP contribution in [-0.4, -0.2) is 4.57 Å². The number of nitrogens with zero attached hydrogens (tertiary/aromatic N) is 1. The third-order valence-electron chi connectivity index (χ3n) is 7.54. The topological polar surface area (TPSA) is 4.93 Å². The lowest BCUT2D eigenvalue weighted by molar-refractivity contribution is 0.862. The molecular weight excluding hydrogens is 410 g/mol. The van der Waals surface area contributed by atoms with Gasteiger partial charge in [-0.3, -0.25) is 0 Å². The molecule has 0 spiro atoms. The molecule has 0 amide bonds. The van der Waals surface area contributed by atoms with Crippen LogP contribution in [0.25, 0.3) is 65.6 Å². The van der Waals surface area contributed by atoms with E-state index in [4.69, 9.17) is 0 Å². The fourth-order valence-corrected chi connectivity index (χ4v) is 5.93. The zero-order valence-corrected chi connectivity index (χ0v) is 18.6. The average molecular weight is 432 g/mol. The summed E-state index contributed by atoms with van der Waals surface area (Å²) in [5.41, 5.74) is 9.31. The molecule has 0 fully saturated rings. The van der Waals surface area contributed by atoms with Gasteiger partial charge >= 0.3 is 0 Å². The first-order chi connectivity index (χ1) is 16.8.